The van der Waals surface area contributed by atoms with E-state index in [1.54, 1.807) is 6.08 Å². The first-order valence-electron chi connectivity index (χ1n) is 35.0. The fraction of sp³-hybridized carbons (Fsp3) is 0.764. The van der Waals surface area contributed by atoms with Crippen molar-refractivity contribution in [2.24, 2.45) is 0 Å². The van der Waals surface area contributed by atoms with Crippen molar-refractivity contribution in [3.05, 3.63) is 97.2 Å². The normalized spacial score (nSPS) is 28.5. The van der Waals surface area contributed by atoms with Crippen LogP contribution in [0.5, 0.6) is 0 Å². The molecule has 0 aliphatic carbocycles. The van der Waals surface area contributed by atoms with Crippen molar-refractivity contribution in [2.45, 2.75) is 324 Å². The highest BCUT2D eigenvalue weighted by molar-refractivity contribution is 5.76. The third-order valence-electron chi connectivity index (χ3n) is 16.9. The van der Waals surface area contributed by atoms with E-state index in [1.165, 1.54) is 116 Å². The number of rotatable bonds is 52. The summed E-state index contributed by atoms with van der Waals surface area (Å²) in [7, 11) is 0. The van der Waals surface area contributed by atoms with E-state index in [4.69, 9.17) is 28.4 Å². The lowest BCUT2D eigenvalue weighted by molar-refractivity contribution is -0.379. The standard InChI is InChI=1S/C72H123NO18/c1-3-5-7-9-11-13-15-17-19-21-23-25-27-29-31-33-35-37-39-41-43-45-47-49-56(77)55(73-60(78)50-48-46-44-42-40-38-36-34-32-30-28-26-24-22-20-18-16-14-12-10-8-6-4-2)54-86-70-66(84)63(81)68(58(52-75)88-70)91-72-67(85)64(82)69(59(53-76)89-72)90-71-65(83)62(80)61(79)57(51-74)87-71/h6,8,12,14,18,20,24,26,30,32,36,38,42,44,47,49,55-59,61-72,74-77,79-85H,3-5,7,9-11,13,15-17,19,21-23,25,27-29,31,33-35,37,39-41,43,45-46,48,50-54H2,1-2H3,(H,73,78)/b8-6-,14-12-,20-18-,26-24-,32-30-,38-36-,44-42-,49-47+. The first-order valence-corrected chi connectivity index (χ1v) is 35.0. The van der Waals surface area contributed by atoms with E-state index in [1.807, 2.05) is 12.2 Å². The molecule has 17 unspecified atom stereocenters. The van der Waals surface area contributed by atoms with Crippen molar-refractivity contribution < 1.29 is 89.4 Å². The molecule has 0 spiro atoms. The van der Waals surface area contributed by atoms with Gasteiger partial charge in [-0.05, 0) is 70.6 Å². The van der Waals surface area contributed by atoms with Crippen molar-refractivity contribution in [1.29, 1.82) is 0 Å². The van der Waals surface area contributed by atoms with E-state index in [0.717, 1.165) is 70.6 Å². The first-order chi connectivity index (χ1) is 44.3. The van der Waals surface area contributed by atoms with Crippen LogP contribution in [-0.2, 0) is 33.2 Å². The van der Waals surface area contributed by atoms with Gasteiger partial charge in [-0.3, -0.25) is 4.79 Å². The fourth-order valence-corrected chi connectivity index (χ4v) is 11.2. The Bertz CT molecular complexity index is 2030. The number of nitrogens with one attached hydrogen (secondary N) is 1. The van der Waals surface area contributed by atoms with Gasteiger partial charge in [0.05, 0.1) is 38.6 Å². The van der Waals surface area contributed by atoms with Gasteiger partial charge in [-0.1, -0.05) is 239 Å². The second-order valence-electron chi connectivity index (χ2n) is 24.6. The highest BCUT2D eigenvalue weighted by Gasteiger charge is 2.53. The van der Waals surface area contributed by atoms with Gasteiger partial charge in [0.1, 0.15) is 73.2 Å². The molecule has 0 bridgehead atoms. The molecule has 1 amide bonds. The molecule has 0 aromatic heterocycles. The third kappa shape index (κ3) is 34.8. The number of carbonyl (C=O) groups is 1. The highest BCUT2D eigenvalue weighted by Crippen LogP contribution is 2.33. The Kier molecular flexibility index (Phi) is 47.7. The Morgan fingerprint density at radius 1 is 0.407 bits per heavy atom. The number of aliphatic hydroxyl groups excluding tert-OH is 11. The Hall–Kier alpha value is -3.29. The average molecular weight is 1290 g/mol. The maximum absolute atomic E-state index is 13.4. The minimum Gasteiger partial charge on any atom is -0.394 e. The predicted octanol–water partition coefficient (Wildman–Crippen LogP) is 9.27. The van der Waals surface area contributed by atoms with Gasteiger partial charge in [-0.2, -0.15) is 0 Å². The summed E-state index contributed by atoms with van der Waals surface area (Å²) in [6.45, 7) is 1.58. The van der Waals surface area contributed by atoms with Crippen molar-refractivity contribution in [3.63, 3.8) is 0 Å². The van der Waals surface area contributed by atoms with Crippen LogP contribution in [0.15, 0.2) is 97.2 Å². The highest BCUT2D eigenvalue weighted by atomic mass is 16.8. The van der Waals surface area contributed by atoms with E-state index in [2.05, 4.69) is 98.2 Å². The molecule has 3 aliphatic heterocycles. The zero-order chi connectivity index (χ0) is 66.1. The summed E-state index contributed by atoms with van der Waals surface area (Å²) in [4.78, 5) is 13.4. The van der Waals surface area contributed by atoms with Gasteiger partial charge in [0.15, 0.2) is 18.9 Å². The molecule has 3 fully saturated rings. The van der Waals surface area contributed by atoms with E-state index < -0.39 is 124 Å². The van der Waals surface area contributed by atoms with Crippen LogP contribution in [0.1, 0.15) is 219 Å². The van der Waals surface area contributed by atoms with Gasteiger partial charge >= 0.3 is 0 Å². The Morgan fingerprint density at radius 3 is 1.18 bits per heavy atom. The molecule has 524 valence electrons. The second kappa shape index (κ2) is 52.9. The second-order valence-corrected chi connectivity index (χ2v) is 24.6. The molecule has 3 rings (SSSR count). The largest absolute Gasteiger partial charge is 0.394 e. The number of aliphatic hydroxyl groups is 11. The van der Waals surface area contributed by atoms with E-state index in [0.29, 0.717) is 12.8 Å². The molecule has 17 atom stereocenters. The minimum absolute atomic E-state index is 0.158. The number of hydrogen-bond acceptors (Lipinski definition) is 18. The van der Waals surface area contributed by atoms with Crippen LogP contribution < -0.4 is 5.32 Å². The van der Waals surface area contributed by atoms with Gasteiger partial charge < -0.3 is 89.9 Å². The molecule has 12 N–H and O–H groups in total. The number of ether oxygens (including phenoxy) is 6. The van der Waals surface area contributed by atoms with Crippen LogP contribution in [-0.4, -0.2) is 193 Å². The van der Waals surface area contributed by atoms with Gasteiger partial charge in [-0.25, -0.2) is 0 Å². The van der Waals surface area contributed by atoms with E-state index in [9.17, 15) is 61.0 Å². The molecule has 0 aromatic carbocycles. The van der Waals surface area contributed by atoms with Crippen molar-refractivity contribution in [3.8, 4) is 0 Å². The minimum atomic E-state index is -1.99. The van der Waals surface area contributed by atoms with Crippen LogP contribution in [0.3, 0.4) is 0 Å². The number of amides is 1. The Labute approximate surface area is 545 Å². The summed E-state index contributed by atoms with van der Waals surface area (Å²) < 4.78 is 34.3. The van der Waals surface area contributed by atoms with Gasteiger partial charge in [0, 0.05) is 6.42 Å². The third-order valence-corrected chi connectivity index (χ3v) is 16.9. The van der Waals surface area contributed by atoms with Gasteiger partial charge in [0.2, 0.25) is 5.91 Å². The maximum atomic E-state index is 13.4. The molecule has 0 radical (unpaired) electrons. The van der Waals surface area contributed by atoms with E-state index >= 15 is 0 Å². The maximum Gasteiger partial charge on any atom is 0.220 e. The lowest BCUT2D eigenvalue weighted by atomic mass is 9.96. The summed E-state index contributed by atoms with van der Waals surface area (Å²) in [5.74, 6) is -0.335. The van der Waals surface area contributed by atoms with Gasteiger partial charge in [0.25, 0.3) is 0 Å². The molecule has 91 heavy (non-hydrogen) atoms. The zero-order valence-electron chi connectivity index (χ0n) is 55.3. The van der Waals surface area contributed by atoms with Crippen molar-refractivity contribution >= 4 is 5.91 Å². The van der Waals surface area contributed by atoms with Crippen LogP contribution in [0, 0.1) is 0 Å². The molecule has 0 aromatic rings. The topological polar surface area (TPSA) is 307 Å². The molecule has 0 saturated carbocycles. The Morgan fingerprint density at radius 2 is 0.758 bits per heavy atom. The van der Waals surface area contributed by atoms with Crippen LogP contribution in [0.4, 0.5) is 0 Å². The average Bonchev–Trinajstić information content (AvgIpc) is 0.883. The van der Waals surface area contributed by atoms with Crippen LogP contribution in [0.2, 0.25) is 0 Å². The summed E-state index contributed by atoms with van der Waals surface area (Å²) in [5, 5.41) is 121. The fourth-order valence-electron chi connectivity index (χ4n) is 11.2. The lowest BCUT2D eigenvalue weighted by Crippen LogP contribution is -2.66. The zero-order valence-corrected chi connectivity index (χ0v) is 55.3. The summed E-state index contributed by atoms with van der Waals surface area (Å²) in [6, 6.07) is -1.01. The number of unbranched alkanes of at least 4 members (excludes halogenated alkanes) is 22. The number of allylic oxidation sites excluding steroid dienone is 15. The summed E-state index contributed by atoms with van der Waals surface area (Å²) >= 11 is 0. The van der Waals surface area contributed by atoms with Crippen molar-refractivity contribution in [2.75, 3.05) is 26.4 Å². The van der Waals surface area contributed by atoms with Crippen LogP contribution >= 0.6 is 0 Å². The van der Waals surface area contributed by atoms with Gasteiger partial charge in [-0.15, -0.1) is 0 Å². The Balaban J connectivity index is 1.47. The van der Waals surface area contributed by atoms with E-state index in [-0.39, 0.29) is 18.9 Å². The number of carbonyl (C=O) groups excluding carboxylic acids is 1. The number of hydrogen-bond donors (Lipinski definition) is 12. The lowest BCUT2D eigenvalue weighted by Gasteiger charge is -2.48. The molecule has 3 heterocycles. The molecule has 3 saturated heterocycles. The molecular formula is C72H123NO18. The molecular weight excluding hydrogens is 1170 g/mol. The quantitative estimate of drug-likeness (QED) is 0.0199. The molecule has 19 nitrogen and oxygen atoms in total. The molecule has 3 aliphatic rings. The van der Waals surface area contributed by atoms with Crippen molar-refractivity contribution in [1.82, 2.24) is 5.32 Å². The first kappa shape index (κ1) is 81.9. The summed E-state index contributed by atoms with van der Waals surface area (Å²) in [5.41, 5.74) is 0. The molecule has 19 heteroatoms. The smallest absolute Gasteiger partial charge is 0.220 e. The SMILES string of the molecule is CC/C=C\C/C=C\C/C=C\C/C=C\C/C=C\C/C=C\C/C=C\CCCC(=O)NC(COC1OC(CO)C(OC2OC(CO)C(OC3OC(CO)C(O)C(O)C3O)C(O)C2O)C(O)C1O)C(O)/C=C/CCCCCCCCCCCCCCCCCCCCCCC. The summed E-state index contributed by atoms with van der Waals surface area (Å²) in [6.07, 6.45) is 42.4. The monoisotopic (exact) mass is 1290 g/mol. The van der Waals surface area contributed by atoms with Crippen LogP contribution in [0.25, 0.3) is 0 Å². The predicted molar refractivity (Wildman–Crippen MR) is 355 cm³/mol.